The van der Waals surface area contributed by atoms with Gasteiger partial charge in [-0.05, 0) is 0 Å². The lowest BCUT2D eigenvalue weighted by Crippen LogP contribution is -2.08. The second-order valence-corrected chi connectivity index (χ2v) is 1.22. The Kier molecular flexibility index (Phi) is 1.27. The van der Waals surface area contributed by atoms with E-state index in [1.165, 1.54) is 11.0 Å². The Morgan fingerprint density at radius 1 is 1.75 bits per heavy atom. The van der Waals surface area contributed by atoms with Crippen molar-refractivity contribution in [2.75, 3.05) is 5.43 Å². The Morgan fingerprint density at radius 2 is 2.62 bits per heavy atom. The highest BCUT2D eigenvalue weighted by molar-refractivity contribution is 5.56. The van der Waals surface area contributed by atoms with Crippen molar-refractivity contribution in [2.45, 2.75) is 0 Å². The number of hydrogen-bond acceptors (Lipinski definition) is 2. The standard InChI is InChI=1S/C4H5N3O/c8-4-6-7-2-1-5-3-7/h1-4H,(H,6,8). The summed E-state index contributed by atoms with van der Waals surface area (Å²) in [6.45, 7) is 0. The molecule has 0 unspecified atom stereocenters. The molecule has 0 radical (unpaired) electrons. The summed E-state index contributed by atoms with van der Waals surface area (Å²) >= 11 is 0. The van der Waals surface area contributed by atoms with E-state index in [0.717, 1.165) is 0 Å². The molecule has 8 heavy (non-hydrogen) atoms. The van der Waals surface area contributed by atoms with Crippen molar-refractivity contribution in [2.24, 2.45) is 0 Å². The first-order valence-corrected chi connectivity index (χ1v) is 2.11. The fourth-order valence-corrected chi connectivity index (χ4v) is 0.396. The van der Waals surface area contributed by atoms with Crippen LogP contribution in [-0.4, -0.2) is 16.1 Å². The molecule has 1 N–H and O–H groups in total. The Morgan fingerprint density at radius 3 is 3.12 bits per heavy atom. The summed E-state index contributed by atoms with van der Waals surface area (Å²) in [5, 5.41) is 0. The van der Waals surface area contributed by atoms with Crippen LogP contribution < -0.4 is 5.43 Å². The van der Waals surface area contributed by atoms with Gasteiger partial charge >= 0.3 is 0 Å². The molecule has 42 valence electrons. The normalized spacial score (nSPS) is 8.50. The number of hydrogen-bond donors (Lipinski definition) is 1. The lowest BCUT2D eigenvalue weighted by Gasteiger charge is -1.92. The predicted molar refractivity (Wildman–Crippen MR) is 27.7 cm³/mol. The molecule has 0 bridgehead atoms. The minimum atomic E-state index is 0.585. The fourth-order valence-electron chi connectivity index (χ4n) is 0.396. The van der Waals surface area contributed by atoms with Crippen LogP contribution in [0.5, 0.6) is 0 Å². The van der Waals surface area contributed by atoms with Crippen molar-refractivity contribution in [3.63, 3.8) is 0 Å². The SMILES string of the molecule is O=CNn1ccnc1. The molecule has 0 aliphatic carbocycles. The van der Waals surface area contributed by atoms with Crippen LogP contribution in [0.3, 0.4) is 0 Å². The molecule has 4 heteroatoms. The number of amides is 1. The molecular formula is C4H5N3O. The van der Waals surface area contributed by atoms with E-state index in [4.69, 9.17) is 0 Å². The molecule has 1 heterocycles. The monoisotopic (exact) mass is 111 g/mol. The van der Waals surface area contributed by atoms with Gasteiger partial charge in [-0.15, -0.1) is 0 Å². The third-order valence-electron chi connectivity index (χ3n) is 0.706. The van der Waals surface area contributed by atoms with Gasteiger partial charge in [0.25, 0.3) is 0 Å². The van der Waals surface area contributed by atoms with Crippen LogP contribution in [0.1, 0.15) is 0 Å². The molecule has 1 aromatic heterocycles. The van der Waals surface area contributed by atoms with Gasteiger partial charge in [0.1, 0.15) is 6.33 Å². The van der Waals surface area contributed by atoms with Gasteiger partial charge in [-0.3, -0.25) is 10.2 Å². The molecular weight excluding hydrogens is 106 g/mol. The zero-order valence-corrected chi connectivity index (χ0v) is 4.11. The summed E-state index contributed by atoms with van der Waals surface area (Å²) in [6, 6.07) is 0. The van der Waals surface area contributed by atoms with Crippen molar-refractivity contribution in [1.29, 1.82) is 0 Å². The number of aromatic nitrogens is 2. The topological polar surface area (TPSA) is 46.9 Å². The number of nitrogens with zero attached hydrogens (tertiary/aromatic N) is 2. The van der Waals surface area contributed by atoms with E-state index < -0.39 is 0 Å². The third-order valence-corrected chi connectivity index (χ3v) is 0.706. The van der Waals surface area contributed by atoms with Crippen molar-refractivity contribution >= 4 is 6.41 Å². The van der Waals surface area contributed by atoms with E-state index in [9.17, 15) is 4.79 Å². The van der Waals surface area contributed by atoms with Crippen LogP contribution in [0.25, 0.3) is 0 Å². The molecule has 0 atom stereocenters. The third kappa shape index (κ3) is 0.841. The lowest BCUT2D eigenvalue weighted by molar-refractivity contribution is -0.106. The van der Waals surface area contributed by atoms with Gasteiger partial charge in [0, 0.05) is 12.4 Å². The van der Waals surface area contributed by atoms with Crippen molar-refractivity contribution in [1.82, 2.24) is 9.66 Å². The quantitative estimate of drug-likeness (QED) is 0.527. The molecule has 0 fully saturated rings. The Labute approximate surface area is 46.1 Å². The molecule has 0 aliphatic heterocycles. The van der Waals surface area contributed by atoms with Gasteiger partial charge < -0.3 is 0 Å². The summed E-state index contributed by atoms with van der Waals surface area (Å²) in [5.41, 5.74) is 2.36. The number of nitrogens with one attached hydrogen (secondary N) is 1. The second-order valence-electron chi connectivity index (χ2n) is 1.22. The van der Waals surface area contributed by atoms with Gasteiger partial charge in [-0.1, -0.05) is 0 Å². The van der Waals surface area contributed by atoms with Crippen LogP contribution in [-0.2, 0) is 4.79 Å². The summed E-state index contributed by atoms with van der Waals surface area (Å²) in [7, 11) is 0. The van der Waals surface area contributed by atoms with Crippen LogP contribution >= 0.6 is 0 Å². The molecule has 0 aliphatic rings. The maximum Gasteiger partial charge on any atom is 0.226 e. The molecule has 0 saturated carbocycles. The van der Waals surface area contributed by atoms with E-state index >= 15 is 0 Å². The van der Waals surface area contributed by atoms with Crippen molar-refractivity contribution < 1.29 is 4.79 Å². The first-order chi connectivity index (χ1) is 3.93. The molecule has 0 saturated heterocycles. The average molecular weight is 111 g/mol. The summed E-state index contributed by atoms with van der Waals surface area (Å²) in [6.07, 6.45) is 5.29. The number of carbonyl (C=O) groups is 1. The summed E-state index contributed by atoms with van der Waals surface area (Å²) < 4.78 is 1.45. The average Bonchev–Trinajstić information content (AvgIpc) is 2.19. The molecule has 1 aromatic rings. The highest BCUT2D eigenvalue weighted by Gasteiger charge is 1.78. The molecule has 1 rings (SSSR count). The first-order valence-electron chi connectivity index (χ1n) is 2.11. The first kappa shape index (κ1) is 4.83. The summed E-state index contributed by atoms with van der Waals surface area (Å²) in [5.74, 6) is 0. The van der Waals surface area contributed by atoms with E-state index in [1.807, 2.05) is 0 Å². The van der Waals surface area contributed by atoms with Gasteiger partial charge in [0.05, 0.1) is 0 Å². The fraction of sp³-hybridized carbons (Fsp3) is 0. The minimum Gasteiger partial charge on any atom is -0.277 e. The number of carbonyl (C=O) groups excluding carboxylic acids is 1. The van der Waals surface area contributed by atoms with Crippen LogP contribution in [0.2, 0.25) is 0 Å². The molecule has 1 amide bonds. The van der Waals surface area contributed by atoms with E-state index in [0.29, 0.717) is 6.41 Å². The smallest absolute Gasteiger partial charge is 0.226 e. The summed E-state index contributed by atoms with van der Waals surface area (Å²) in [4.78, 5) is 13.4. The number of imidazole rings is 1. The van der Waals surface area contributed by atoms with E-state index in [1.54, 1.807) is 12.4 Å². The highest BCUT2D eigenvalue weighted by Crippen LogP contribution is 1.75. The molecule has 0 spiro atoms. The zero-order valence-electron chi connectivity index (χ0n) is 4.11. The largest absolute Gasteiger partial charge is 0.277 e. The Hall–Kier alpha value is -1.32. The van der Waals surface area contributed by atoms with E-state index in [2.05, 4.69) is 10.4 Å². The zero-order chi connectivity index (χ0) is 5.82. The van der Waals surface area contributed by atoms with Gasteiger partial charge in [-0.2, -0.15) is 0 Å². The lowest BCUT2D eigenvalue weighted by atomic mass is 11.0. The molecule has 4 nitrogen and oxygen atoms in total. The second kappa shape index (κ2) is 2.11. The van der Waals surface area contributed by atoms with Gasteiger partial charge in [-0.25, -0.2) is 9.66 Å². The van der Waals surface area contributed by atoms with Crippen LogP contribution in [0.15, 0.2) is 18.7 Å². The maximum atomic E-state index is 9.71. The van der Waals surface area contributed by atoms with Crippen molar-refractivity contribution in [3.8, 4) is 0 Å². The van der Waals surface area contributed by atoms with Gasteiger partial charge in [0.15, 0.2) is 0 Å². The molecule has 0 aromatic carbocycles. The minimum absolute atomic E-state index is 0.585. The number of rotatable bonds is 2. The van der Waals surface area contributed by atoms with Gasteiger partial charge in [0.2, 0.25) is 6.41 Å². The van der Waals surface area contributed by atoms with Crippen LogP contribution in [0, 0.1) is 0 Å². The predicted octanol–water partition coefficient (Wildman–Crippen LogP) is -0.417. The van der Waals surface area contributed by atoms with Crippen LogP contribution in [0.4, 0.5) is 0 Å². The van der Waals surface area contributed by atoms with Crippen molar-refractivity contribution in [3.05, 3.63) is 18.7 Å². The maximum absolute atomic E-state index is 9.71. The van der Waals surface area contributed by atoms with E-state index in [-0.39, 0.29) is 0 Å². The Bertz CT molecular complexity index is 158. The Balaban J connectivity index is 2.62. The highest BCUT2D eigenvalue weighted by atomic mass is 16.1.